The first-order chi connectivity index (χ1) is 11.0. The molecule has 2 aromatic rings. The molecule has 0 aliphatic heterocycles. The van der Waals surface area contributed by atoms with Gasteiger partial charge in [0.05, 0.1) is 11.8 Å². The normalized spacial score (nSPS) is 15.2. The maximum atomic E-state index is 13.5. The highest BCUT2D eigenvalue weighted by Gasteiger charge is 2.56. The Kier molecular flexibility index (Phi) is 6.09. The van der Waals surface area contributed by atoms with Crippen molar-refractivity contribution in [3.05, 3.63) is 66.8 Å². The monoisotopic (exact) mass is 570 g/mol. The summed E-state index contributed by atoms with van der Waals surface area (Å²) in [6.07, 6.45) is -10.1. The molecule has 2 unspecified atom stereocenters. The van der Waals surface area contributed by atoms with Gasteiger partial charge in [-0.2, -0.15) is 26.3 Å². The van der Waals surface area contributed by atoms with Crippen LogP contribution < -0.4 is 0 Å². The van der Waals surface area contributed by atoms with E-state index < -0.39 is 35.3 Å². The Morgan fingerprint density at radius 2 is 0.792 bits per heavy atom. The molecule has 2 atom stereocenters. The lowest BCUT2D eigenvalue weighted by atomic mass is 9.80. The second-order valence-electron chi connectivity index (χ2n) is 5.14. The third-order valence-corrected chi connectivity index (χ3v) is 4.94. The third kappa shape index (κ3) is 4.77. The molecule has 0 fully saturated rings. The smallest absolute Gasteiger partial charge is 0.170 e. The molecule has 130 valence electrons. The van der Waals surface area contributed by atoms with Gasteiger partial charge in [0.2, 0.25) is 0 Å². The van der Waals surface area contributed by atoms with Gasteiger partial charge in [-0.15, -0.1) is 0 Å². The first kappa shape index (κ1) is 19.8. The Morgan fingerprint density at radius 1 is 0.542 bits per heavy atom. The van der Waals surface area contributed by atoms with E-state index in [-0.39, 0.29) is 0 Å². The van der Waals surface area contributed by atoms with Gasteiger partial charge in [0, 0.05) is 7.14 Å². The Hall–Kier alpha value is -0.520. The van der Waals surface area contributed by atoms with Gasteiger partial charge in [-0.1, -0.05) is 24.3 Å². The maximum Gasteiger partial charge on any atom is 0.396 e. The van der Waals surface area contributed by atoms with Crippen LogP contribution in [0.4, 0.5) is 26.3 Å². The predicted octanol–water partition coefficient (Wildman–Crippen LogP) is 6.89. The zero-order valence-electron chi connectivity index (χ0n) is 11.8. The van der Waals surface area contributed by atoms with Crippen molar-refractivity contribution in [1.82, 2.24) is 0 Å². The molecular weight excluding hydrogens is 560 g/mol. The quantitative estimate of drug-likeness (QED) is 0.279. The Balaban J connectivity index is 2.61. The van der Waals surface area contributed by atoms with Gasteiger partial charge < -0.3 is 0 Å². The average Bonchev–Trinajstić information content (AvgIpc) is 2.45. The summed E-state index contributed by atoms with van der Waals surface area (Å²) in [5.41, 5.74) is -0.799. The lowest BCUT2D eigenvalue weighted by molar-refractivity contribution is -0.211. The number of alkyl halides is 6. The van der Waals surface area contributed by atoms with E-state index in [0.717, 1.165) is 24.3 Å². The van der Waals surface area contributed by atoms with Crippen molar-refractivity contribution in [2.45, 2.75) is 24.2 Å². The van der Waals surface area contributed by atoms with Crippen molar-refractivity contribution in [3.8, 4) is 0 Å². The molecule has 0 aliphatic rings. The minimum atomic E-state index is -5.03. The van der Waals surface area contributed by atoms with Gasteiger partial charge >= 0.3 is 12.4 Å². The van der Waals surface area contributed by atoms with Gasteiger partial charge in [-0.05, 0) is 80.6 Å². The Morgan fingerprint density at radius 3 is 1.00 bits per heavy atom. The highest BCUT2D eigenvalue weighted by Crippen LogP contribution is 2.52. The van der Waals surface area contributed by atoms with Gasteiger partial charge in [0.1, 0.15) is 0 Å². The summed E-state index contributed by atoms with van der Waals surface area (Å²) in [6.45, 7) is 0. The molecule has 0 saturated carbocycles. The van der Waals surface area contributed by atoms with Crippen LogP contribution in [-0.4, -0.2) is 12.4 Å². The van der Waals surface area contributed by atoms with Crippen LogP contribution in [0.1, 0.15) is 23.0 Å². The summed E-state index contributed by atoms with van der Waals surface area (Å²) < 4.78 is 82.6. The zero-order chi connectivity index (χ0) is 18.1. The maximum absolute atomic E-state index is 13.5. The van der Waals surface area contributed by atoms with E-state index in [1.165, 1.54) is 24.3 Å². The van der Waals surface area contributed by atoms with E-state index in [9.17, 15) is 26.3 Å². The molecule has 8 heteroatoms. The van der Waals surface area contributed by atoms with Crippen LogP contribution in [0.2, 0.25) is 0 Å². The van der Waals surface area contributed by atoms with E-state index in [1.54, 1.807) is 0 Å². The molecule has 0 radical (unpaired) electrons. The van der Waals surface area contributed by atoms with Crippen molar-refractivity contribution < 1.29 is 26.3 Å². The fraction of sp³-hybridized carbons (Fsp3) is 0.250. The number of rotatable bonds is 3. The molecule has 0 nitrogen and oxygen atoms in total. The molecule has 0 aromatic heterocycles. The number of halogens is 8. The van der Waals surface area contributed by atoms with E-state index in [0.29, 0.717) is 7.14 Å². The molecule has 0 aliphatic carbocycles. The van der Waals surface area contributed by atoms with E-state index in [4.69, 9.17) is 0 Å². The largest absolute Gasteiger partial charge is 0.396 e. The molecule has 0 heterocycles. The summed E-state index contributed by atoms with van der Waals surface area (Å²) in [7, 11) is 0. The minimum absolute atomic E-state index is 0.399. The van der Waals surface area contributed by atoms with Crippen LogP contribution in [0.5, 0.6) is 0 Å². The fourth-order valence-corrected chi connectivity index (χ4v) is 3.20. The molecule has 2 rings (SSSR count). The van der Waals surface area contributed by atoms with Crippen molar-refractivity contribution in [2.24, 2.45) is 0 Å². The average molecular weight is 570 g/mol. The number of hydrogen-bond donors (Lipinski definition) is 0. The molecule has 2 aromatic carbocycles. The van der Waals surface area contributed by atoms with Gasteiger partial charge in [0.15, 0.2) is 0 Å². The summed E-state index contributed by atoms with van der Waals surface area (Å²) in [4.78, 5) is 0. The van der Waals surface area contributed by atoms with Crippen LogP contribution >= 0.6 is 45.2 Å². The summed E-state index contributed by atoms with van der Waals surface area (Å²) in [5, 5.41) is 0. The summed E-state index contributed by atoms with van der Waals surface area (Å²) >= 11 is 3.77. The van der Waals surface area contributed by atoms with Gasteiger partial charge in [-0.3, -0.25) is 0 Å². The number of hydrogen-bond acceptors (Lipinski definition) is 0. The van der Waals surface area contributed by atoms with E-state index in [2.05, 4.69) is 0 Å². The summed E-state index contributed by atoms with van der Waals surface area (Å²) in [5.74, 6) is -5.32. The minimum Gasteiger partial charge on any atom is -0.170 e. The van der Waals surface area contributed by atoms with Crippen molar-refractivity contribution in [1.29, 1.82) is 0 Å². The van der Waals surface area contributed by atoms with Crippen LogP contribution in [0.15, 0.2) is 48.5 Å². The fourth-order valence-electron chi connectivity index (χ4n) is 2.48. The van der Waals surface area contributed by atoms with Crippen molar-refractivity contribution in [3.63, 3.8) is 0 Å². The molecule has 0 spiro atoms. The lowest BCUT2D eigenvalue weighted by Crippen LogP contribution is -2.35. The second-order valence-corrected chi connectivity index (χ2v) is 7.63. The Labute approximate surface area is 161 Å². The molecule has 0 N–H and O–H groups in total. The van der Waals surface area contributed by atoms with E-state index >= 15 is 0 Å². The number of benzene rings is 2. The van der Waals surface area contributed by atoms with Crippen molar-refractivity contribution in [2.75, 3.05) is 0 Å². The first-order valence-electron chi connectivity index (χ1n) is 6.64. The van der Waals surface area contributed by atoms with Crippen LogP contribution in [0.3, 0.4) is 0 Å². The predicted molar refractivity (Wildman–Crippen MR) is 95.9 cm³/mol. The molecule has 24 heavy (non-hydrogen) atoms. The highest BCUT2D eigenvalue weighted by atomic mass is 127. The van der Waals surface area contributed by atoms with E-state index in [1.807, 2.05) is 45.2 Å². The van der Waals surface area contributed by atoms with Gasteiger partial charge in [0.25, 0.3) is 0 Å². The molecular formula is C16H10F6I2. The molecule has 0 saturated heterocycles. The highest BCUT2D eigenvalue weighted by molar-refractivity contribution is 14.1. The molecule has 0 bridgehead atoms. The standard InChI is InChI=1S/C16H10F6I2/c17-15(18,19)13(9-1-5-11(23)6-2-9)14(16(20,21)22)10-3-7-12(24)8-4-10/h1-8,13-14H. The summed E-state index contributed by atoms with van der Waals surface area (Å²) in [6, 6.07) is 9.89. The van der Waals surface area contributed by atoms with Gasteiger partial charge in [-0.25, -0.2) is 0 Å². The topological polar surface area (TPSA) is 0 Å². The van der Waals surface area contributed by atoms with Crippen LogP contribution in [0, 0.1) is 7.14 Å². The first-order valence-corrected chi connectivity index (χ1v) is 8.80. The molecule has 0 amide bonds. The second kappa shape index (κ2) is 7.38. The van der Waals surface area contributed by atoms with Crippen LogP contribution in [0.25, 0.3) is 0 Å². The lowest BCUT2D eigenvalue weighted by Gasteiger charge is -2.31. The van der Waals surface area contributed by atoms with Crippen LogP contribution in [-0.2, 0) is 0 Å². The third-order valence-electron chi connectivity index (χ3n) is 3.50. The Bertz CT molecular complexity index is 612. The zero-order valence-corrected chi connectivity index (χ0v) is 16.1. The van der Waals surface area contributed by atoms with Crippen molar-refractivity contribution >= 4 is 45.2 Å². The SMILES string of the molecule is FC(F)(F)C(c1ccc(I)cc1)C(c1ccc(I)cc1)C(F)(F)F.